The van der Waals surface area contributed by atoms with Gasteiger partial charge in [-0.05, 0) is 65.9 Å². The maximum absolute atomic E-state index is 5.03. The maximum Gasteiger partial charge on any atom is 0.160 e. The summed E-state index contributed by atoms with van der Waals surface area (Å²) >= 11 is 0. The highest BCUT2D eigenvalue weighted by Gasteiger charge is 2.18. The molecule has 204 valence electrons. The third-order valence-corrected chi connectivity index (χ3v) is 8.20. The van der Waals surface area contributed by atoms with Crippen LogP contribution in [-0.2, 0) is 6.42 Å². The molecule has 7 aromatic rings. The number of rotatable bonds is 5. The van der Waals surface area contributed by atoms with E-state index < -0.39 is 0 Å². The van der Waals surface area contributed by atoms with Gasteiger partial charge in [0.1, 0.15) is 0 Å². The zero-order valence-electron chi connectivity index (χ0n) is 23.6. The number of nitrogens with zero attached hydrogens (tertiary/aromatic N) is 4. The van der Waals surface area contributed by atoms with Crippen molar-refractivity contribution in [2.45, 2.75) is 12.8 Å². The van der Waals surface area contributed by atoms with E-state index in [9.17, 15) is 0 Å². The molecule has 3 aromatic heterocycles. The van der Waals surface area contributed by atoms with Crippen LogP contribution in [0.3, 0.4) is 0 Å². The monoisotopic (exact) mass is 552 g/mol. The zero-order chi connectivity index (χ0) is 28.6. The van der Waals surface area contributed by atoms with E-state index in [1.165, 1.54) is 16.6 Å². The number of benzene rings is 4. The SMILES string of the molecule is C1=Cc2c(c3ccncc3n2-c2ccc(-c3cccc(-c4cc(-c5ccccc5)nc(-c5ccccc5)n4)c3)cc2)CC1. The average Bonchev–Trinajstić information content (AvgIpc) is 3.43. The lowest BCUT2D eigenvalue weighted by Gasteiger charge is -2.13. The lowest BCUT2D eigenvalue weighted by Crippen LogP contribution is -2.00. The fourth-order valence-electron chi connectivity index (χ4n) is 6.09. The molecular weight excluding hydrogens is 524 g/mol. The van der Waals surface area contributed by atoms with Crippen LogP contribution in [0.15, 0.2) is 140 Å². The van der Waals surface area contributed by atoms with Crippen molar-refractivity contribution >= 4 is 17.0 Å². The van der Waals surface area contributed by atoms with Crippen molar-refractivity contribution in [2.24, 2.45) is 0 Å². The van der Waals surface area contributed by atoms with E-state index in [-0.39, 0.29) is 0 Å². The van der Waals surface area contributed by atoms with Gasteiger partial charge in [-0.15, -0.1) is 0 Å². The first kappa shape index (κ1) is 25.1. The quantitative estimate of drug-likeness (QED) is 0.214. The Morgan fingerprint density at radius 2 is 1.28 bits per heavy atom. The van der Waals surface area contributed by atoms with Crippen LogP contribution in [0.2, 0.25) is 0 Å². The van der Waals surface area contributed by atoms with Crippen molar-refractivity contribution in [3.8, 4) is 50.7 Å². The van der Waals surface area contributed by atoms with E-state index in [0.29, 0.717) is 0 Å². The average molecular weight is 553 g/mol. The molecule has 0 radical (unpaired) electrons. The molecule has 0 aliphatic heterocycles. The zero-order valence-corrected chi connectivity index (χ0v) is 23.6. The molecule has 0 unspecified atom stereocenters. The van der Waals surface area contributed by atoms with Crippen molar-refractivity contribution in [3.63, 3.8) is 0 Å². The van der Waals surface area contributed by atoms with E-state index in [4.69, 9.17) is 9.97 Å². The van der Waals surface area contributed by atoms with Crippen LogP contribution in [0.4, 0.5) is 0 Å². The topological polar surface area (TPSA) is 43.6 Å². The van der Waals surface area contributed by atoms with Gasteiger partial charge < -0.3 is 4.57 Å². The summed E-state index contributed by atoms with van der Waals surface area (Å²) < 4.78 is 2.34. The first-order valence-corrected chi connectivity index (χ1v) is 14.7. The molecule has 8 rings (SSSR count). The number of aryl methyl sites for hydroxylation is 1. The minimum absolute atomic E-state index is 0.720. The fraction of sp³-hybridized carbons (Fsp3) is 0.0513. The Bertz CT molecular complexity index is 2050. The Hall–Kier alpha value is -5.61. The molecule has 43 heavy (non-hydrogen) atoms. The Labute approximate surface area is 250 Å². The van der Waals surface area contributed by atoms with Gasteiger partial charge in [0.05, 0.1) is 23.1 Å². The highest BCUT2D eigenvalue weighted by atomic mass is 15.0. The molecule has 0 saturated heterocycles. The largest absolute Gasteiger partial charge is 0.308 e. The minimum Gasteiger partial charge on any atom is -0.308 e. The van der Waals surface area contributed by atoms with Gasteiger partial charge in [-0.2, -0.15) is 0 Å². The minimum atomic E-state index is 0.720. The lowest BCUT2D eigenvalue weighted by molar-refractivity contribution is 0.967. The van der Waals surface area contributed by atoms with Crippen molar-refractivity contribution in [2.75, 3.05) is 0 Å². The summed E-state index contributed by atoms with van der Waals surface area (Å²) in [5.41, 5.74) is 12.2. The summed E-state index contributed by atoms with van der Waals surface area (Å²) in [7, 11) is 0. The third-order valence-electron chi connectivity index (χ3n) is 8.20. The molecule has 4 aromatic carbocycles. The van der Waals surface area contributed by atoms with Gasteiger partial charge in [-0.3, -0.25) is 4.98 Å². The molecule has 0 bridgehead atoms. The molecule has 1 aliphatic carbocycles. The Morgan fingerprint density at radius 3 is 2.07 bits per heavy atom. The predicted octanol–water partition coefficient (Wildman–Crippen LogP) is 9.44. The second-order valence-corrected chi connectivity index (χ2v) is 10.9. The molecule has 4 heteroatoms. The normalized spacial score (nSPS) is 12.4. The van der Waals surface area contributed by atoms with E-state index >= 15 is 0 Å². The first-order valence-electron chi connectivity index (χ1n) is 14.7. The summed E-state index contributed by atoms with van der Waals surface area (Å²) in [6.45, 7) is 0. The van der Waals surface area contributed by atoms with Gasteiger partial charge in [0.25, 0.3) is 0 Å². The molecule has 1 aliphatic rings. The predicted molar refractivity (Wildman–Crippen MR) is 176 cm³/mol. The maximum atomic E-state index is 5.03. The highest BCUT2D eigenvalue weighted by molar-refractivity contribution is 5.90. The number of pyridine rings is 1. The van der Waals surface area contributed by atoms with Gasteiger partial charge in [0.15, 0.2) is 5.82 Å². The molecule has 0 saturated carbocycles. The molecule has 0 fully saturated rings. The molecule has 0 amide bonds. The second-order valence-electron chi connectivity index (χ2n) is 10.9. The number of hydrogen-bond donors (Lipinski definition) is 0. The van der Waals surface area contributed by atoms with Crippen LogP contribution in [0.25, 0.3) is 67.7 Å². The lowest BCUT2D eigenvalue weighted by atomic mass is 10.00. The van der Waals surface area contributed by atoms with Gasteiger partial charge in [0, 0.05) is 39.7 Å². The van der Waals surface area contributed by atoms with E-state index in [1.54, 1.807) is 0 Å². The number of fused-ring (bicyclic) bond motifs is 3. The van der Waals surface area contributed by atoms with Crippen molar-refractivity contribution in [1.82, 2.24) is 19.5 Å². The fourth-order valence-corrected chi connectivity index (χ4v) is 6.09. The van der Waals surface area contributed by atoms with Crippen molar-refractivity contribution < 1.29 is 0 Å². The van der Waals surface area contributed by atoms with Gasteiger partial charge >= 0.3 is 0 Å². The summed E-state index contributed by atoms with van der Waals surface area (Å²) in [6, 6.07) is 42.2. The Morgan fingerprint density at radius 1 is 0.581 bits per heavy atom. The van der Waals surface area contributed by atoms with E-state index in [0.717, 1.165) is 69.1 Å². The van der Waals surface area contributed by atoms with Crippen LogP contribution < -0.4 is 0 Å². The van der Waals surface area contributed by atoms with Gasteiger partial charge in [0.2, 0.25) is 0 Å². The smallest absolute Gasteiger partial charge is 0.160 e. The summed E-state index contributed by atoms with van der Waals surface area (Å²) in [6.07, 6.45) is 10.5. The highest BCUT2D eigenvalue weighted by Crippen LogP contribution is 2.35. The number of allylic oxidation sites excluding steroid dienone is 1. The van der Waals surface area contributed by atoms with Crippen LogP contribution in [-0.4, -0.2) is 19.5 Å². The van der Waals surface area contributed by atoms with E-state index in [1.807, 2.05) is 48.8 Å². The molecule has 4 nitrogen and oxygen atoms in total. The van der Waals surface area contributed by atoms with Crippen LogP contribution >= 0.6 is 0 Å². The number of aromatic nitrogens is 4. The molecular formula is C39H28N4. The molecule has 3 heterocycles. The van der Waals surface area contributed by atoms with Crippen molar-refractivity contribution in [1.29, 1.82) is 0 Å². The third kappa shape index (κ3) is 4.63. The molecule has 0 atom stereocenters. The Kier molecular flexibility index (Phi) is 6.23. The van der Waals surface area contributed by atoms with Crippen molar-refractivity contribution in [3.05, 3.63) is 151 Å². The summed E-state index contributed by atoms with van der Waals surface area (Å²) in [5, 5.41) is 1.29. The molecule has 0 spiro atoms. The van der Waals surface area contributed by atoms with Gasteiger partial charge in [-0.1, -0.05) is 97.1 Å². The van der Waals surface area contributed by atoms with E-state index in [2.05, 4.69) is 107 Å². The summed E-state index contributed by atoms with van der Waals surface area (Å²) in [4.78, 5) is 14.4. The standard InChI is InChI=1S/C39H28N4/c1-3-10-28(11-4-1)35-25-36(42-39(41-35)29-12-5-2-6-13-29)31-15-9-14-30(24-31)27-18-20-32(21-19-27)43-37-17-8-7-16-33(37)34-22-23-40-26-38(34)43/h1-6,8-15,17-26H,7,16H2. The van der Waals surface area contributed by atoms with Gasteiger partial charge in [-0.25, -0.2) is 9.97 Å². The second kappa shape index (κ2) is 10.7. The first-order chi connectivity index (χ1) is 21.3. The summed E-state index contributed by atoms with van der Waals surface area (Å²) in [5.74, 6) is 0.720. The molecule has 0 N–H and O–H groups in total. The van der Waals surface area contributed by atoms with Crippen LogP contribution in [0.5, 0.6) is 0 Å². The van der Waals surface area contributed by atoms with Crippen LogP contribution in [0, 0.1) is 0 Å². The Balaban J connectivity index is 1.19. The van der Waals surface area contributed by atoms with Crippen LogP contribution in [0.1, 0.15) is 17.7 Å². The number of hydrogen-bond acceptors (Lipinski definition) is 3.